The van der Waals surface area contributed by atoms with Crippen LogP contribution in [0.4, 0.5) is 11.6 Å². The molecule has 0 saturated carbocycles. The summed E-state index contributed by atoms with van der Waals surface area (Å²) in [7, 11) is -1.20. The Balaban J connectivity index is 1.67. The van der Waals surface area contributed by atoms with Crippen molar-refractivity contribution in [3.05, 3.63) is 29.9 Å². The summed E-state index contributed by atoms with van der Waals surface area (Å²) in [6.45, 7) is 1.72. The number of hydrogen-bond donors (Lipinski definition) is 1. The van der Waals surface area contributed by atoms with Crippen molar-refractivity contribution in [1.29, 1.82) is 0 Å². The minimum atomic E-state index is -2.97. The van der Waals surface area contributed by atoms with Crippen LogP contribution in [0.15, 0.2) is 23.0 Å². The van der Waals surface area contributed by atoms with Crippen LogP contribution in [0, 0.1) is 6.92 Å². The molecule has 2 aromatic rings. The van der Waals surface area contributed by atoms with Gasteiger partial charge in [-0.05, 0) is 13.3 Å². The molecule has 1 aliphatic heterocycles. The van der Waals surface area contributed by atoms with E-state index < -0.39 is 15.7 Å². The summed E-state index contributed by atoms with van der Waals surface area (Å²) in [6, 6.07) is 1.47. The first-order chi connectivity index (χ1) is 11.3. The summed E-state index contributed by atoms with van der Waals surface area (Å²) in [5, 5.41) is 6.23. The molecule has 3 heterocycles. The van der Waals surface area contributed by atoms with Crippen LogP contribution in [-0.4, -0.2) is 54.0 Å². The van der Waals surface area contributed by atoms with E-state index in [4.69, 9.17) is 4.52 Å². The zero-order chi connectivity index (χ0) is 17.3. The molecule has 0 bridgehead atoms. The van der Waals surface area contributed by atoms with Crippen LogP contribution in [0.2, 0.25) is 0 Å². The van der Waals surface area contributed by atoms with E-state index in [0.29, 0.717) is 23.8 Å². The predicted molar refractivity (Wildman–Crippen MR) is 86.7 cm³/mol. The number of aromatic nitrogens is 3. The normalized spacial score (nSPS) is 19.2. The molecular weight excluding hydrogens is 334 g/mol. The van der Waals surface area contributed by atoms with E-state index >= 15 is 0 Å². The highest BCUT2D eigenvalue weighted by molar-refractivity contribution is 7.91. The molecule has 24 heavy (non-hydrogen) atoms. The fourth-order valence-corrected chi connectivity index (χ4v) is 4.27. The van der Waals surface area contributed by atoms with Crippen molar-refractivity contribution >= 4 is 27.4 Å². The molecule has 1 atom stereocenters. The molecule has 0 spiro atoms. The van der Waals surface area contributed by atoms with E-state index in [1.54, 1.807) is 24.9 Å². The van der Waals surface area contributed by atoms with E-state index in [-0.39, 0.29) is 23.2 Å². The van der Waals surface area contributed by atoms with Crippen molar-refractivity contribution in [2.75, 3.05) is 28.8 Å². The van der Waals surface area contributed by atoms with Crippen LogP contribution in [0.5, 0.6) is 0 Å². The summed E-state index contributed by atoms with van der Waals surface area (Å²) in [5.41, 5.74) is 0.131. The van der Waals surface area contributed by atoms with Crippen molar-refractivity contribution in [2.45, 2.75) is 19.4 Å². The standard InChI is InChI=1S/C14H17N5O4S/c1-9-5-12(18-23-9)17-14(20)11-6-16-13(7-15-11)19(2)10-3-4-24(21,22)8-10/h5-7,10H,3-4,8H2,1-2H3,(H,17,18,20). The molecule has 1 unspecified atom stereocenters. The Morgan fingerprint density at radius 2 is 2.17 bits per heavy atom. The number of nitrogens with one attached hydrogen (secondary N) is 1. The van der Waals surface area contributed by atoms with Gasteiger partial charge in [-0.15, -0.1) is 0 Å². The lowest BCUT2D eigenvalue weighted by atomic mass is 10.2. The number of nitrogens with zero attached hydrogens (tertiary/aromatic N) is 4. The molecule has 1 saturated heterocycles. The molecule has 0 radical (unpaired) electrons. The van der Waals surface area contributed by atoms with Gasteiger partial charge in [0.25, 0.3) is 5.91 Å². The highest BCUT2D eigenvalue weighted by atomic mass is 32.2. The highest BCUT2D eigenvalue weighted by Crippen LogP contribution is 2.20. The van der Waals surface area contributed by atoms with Gasteiger partial charge in [0.05, 0.1) is 23.9 Å². The average Bonchev–Trinajstić information content (AvgIpc) is 3.12. The Bertz CT molecular complexity index is 846. The van der Waals surface area contributed by atoms with Crippen molar-refractivity contribution in [2.24, 2.45) is 0 Å². The van der Waals surface area contributed by atoms with Crippen LogP contribution in [0.25, 0.3) is 0 Å². The van der Waals surface area contributed by atoms with E-state index in [1.807, 2.05) is 0 Å². The third-order valence-corrected chi connectivity index (χ3v) is 5.61. The van der Waals surface area contributed by atoms with Crippen LogP contribution >= 0.6 is 0 Å². The number of anilines is 2. The van der Waals surface area contributed by atoms with Crippen LogP contribution in [0.1, 0.15) is 22.7 Å². The number of amides is 1. The molecule has 10 heteroatoms. The van der Waals surface area contributed by atoms with E-state index in [9.17, 15) is 13.2 Å². The first-order valence-corrected chi connectivity index (χ1v) is 9.16. The topological polar surface area (TPSA) is 118 Å². The van der Waals surface area contributed by atoms with Gasteiger partial charge < -0.3 is 14.7 Å². The van der Waals surface area contributed by atoms with Gasteiger partial charge in [-0.1, -0.05) is 5.16 Å². The molecule has 0 aromatic carbocycles. The van der Waals surface area contributed by atoms with E-state index in [1.165, 1.54) is 12.4 Å². The SMILES string of the molecule is Cc1cc(NC(=O)c2cnc(N(C)C3CCS(=O)(=O)C3)cn2)no1. The van der Waals surface area contributed by atoms with Gasteiger partial charge >= 0.3 is 0 Å². The lowest BCUT2D eigenvalue weighted by molar-refractivity contribution is 0.102. The Morgan fingerprint density at radius 1 is 1.38 bits per heavy atom. The molecule has 128 valence electrons. The maximum Gasteiger partial charge on any atom is 0.277 e. The Morgan fingerprint density at radius 3 is 2.71 bits per heavy atom. The Labute approximate surface area is 139 Å². The van der Waals surface area contributed by atoms with Gasteiger partial charge in [0.1, 0.15) is 17.3 Å². The molecule has 1 amide bonds. The quantitative estimate of drug-likeness (QED) is 0.853. The van der Waals surface area contributed by atoms with Gasteiger partial charge in [-0.3, -0.25) is 4.79 Å². The largest absolute Gasteiger partial charge is 0.360 e. The maximum absolute atomic E-state index is 12.1. The highest BCUT2D eigenvalue weighted by Gasteiger charge is 2.31. The minimum Gasteiger partial charge on any atom is -0.360 e. The van der Waals surface area contributed by atoms with Gasteiger partial charge in [-0.2, -0.15) is 0 Å². The van der Waals surface area contributed by atoms with Gasteiger partial charge in [-0.25, -0.2) is 18.4 Å². The van der Waals surface area contributed by atoms with Gasteiger partial charge in [0.2, 0.25) is 0 Å². The van der Waals surface area contributed by atoms with Gasteiger partial charge in [0.15, 0.2) is 15.7 Å². The molecule has 2 aromatic heterocycles. The molecule has 1 fully saturated rings. The average molecular weight is 351 g/mol. The zero-order valence-electron chi connectivity index (χ0n) is 13.3. The van der Waals surface area contributed by atoms with Gasteiger partial charge in [0, 0.05) is 19.2 Å². The minimum absolute atomic E-state index is 0.110. The molecule has 1 N–H and O–H groups in total. The summed E-state index contributed by atoms with van der Waals surface area (Å²) in [5.74, 6) is 1.25. The molecule has 9 nitrogen and oxygen atoms in total. The van der Waals surface area contributed by atoms with Crippen molar-refractivity contribution in [3.63, 3.8) is 0 Å². The van der Waals surface area contributed by atoms with E-state index in [2.05, 4.69) is 20.4 Å². The Kier molecular flexibility index (Phi) is 4.22. The number of sulfone groups is 1. The second kappa shape index (κ2) is 6.19. The number of aryl methyl sites for hydroxylation is 1. The van der Waals surface area contributed by atoms with Crippen molar-refractivity contribution in [1.82, 2.24) is 15.1 Å². The third-order valence-electron chi connectivity index (χ3n) is 3.86. The van der Waals surface area contributed by atoms with Crippen LogP contribution < -0.4 is 10.2 Å². The van der Waals surface area contributed by atoms with Crippen LogP contribution in [-0.2, 0) is 9.84 Å². The van der Waals surface area contributed by atoms with E-state index in [0.717, 1.165) is 0 Å². The summed E-state index contributed by atoms with van der Waals surface area (Å²) >= 11 is 0. The summed E-state index contributed by atoms with van der Waals surface area (Å²) in [4.78, 5) is 22.1. The fraction of sp³-hybridized carbons (Fsp3) is 0.429. The summed E-state index contributed by atoms with van der Waals surface area (Å²) < 4.78 is 28.0. The Hall–Kier alpha value is -2.49. The first-order valence-electron chi connectivity index (χ1n) is 7.34. The predicted octanol–water partition coefficient (Wildman–Crippen LogP) is 0.649. The first kappa shape index (κ1) is 16.4. The second-order valence-electron chi connectivity index (χ2n) is 5.70. The monoisotopic (exact) mass is 351 g/mol. The molecule has 1 aliphatic rings. The lowest BCUT2D eigenvalue weighted by Crippen LogP contribution is -2.33. The smallest absolute Gasteiger partial charge is 0.277 e. The second-order valence-corrected chi connectivity index (χ2v) is 7.93. The third kappa shape index (κ3) is 3.53. The number of carbonyl (C=O) groups is 1. The van der Waals surface area contributed by atoms with Crippen molar-refractivity contribution < 1.29 is 17.7 Å². The van der Waals surface area contributed by atoms with Crippen LogP contribution in [0.3, 0.4) is 0 Å². The zero-order valence-corrected chi connectivity index (χ0v) is 14.1. The molecular formula is C14H17N5O4S. The molecule has 3 rings (SSSR count). The summed E-state index contributed by atoms with van der Waals surface area (Å²) in [6.07, 6.45) is 3.36. The lowest BCUT2D eigenvalue weighted by Gasteiger charge is -2.23. The number of rotatable bonds is 4. The fourth-order valence-electron chi connectivity index (χ4n) is 2.49. The number of carbonyl (C=O) groups excluding carboxylic acids is 1. The molecule has 0 aliphatic carbocycles. The van der Waals surface area contributed by atoms with Crippen molar-refractivity contribution in [3.8, 4) is 0 Å². The number of hydrogen-bond acceptors (Lipinski definition) is 8. The maximum atomic E-state index is 12.1.